The summed E-state index contributed by atoms with van der Waals surface area (Å²) in [6, 6.07) is 12.4. The van der Waals surface area contributed by atoms with Gasteiger partial charge in [-0.05, 0) is 50.9 Å². The molecule has 2 saturated heterocycles. The van der Waals surface area contributed by atoms with E-state index in [9.17, 15) is 4.79 Å². The van der Waals surface area contributed by atoms with Crippen molar-refractivity contribution < 1.29 is 19.0 Å². The Hall–Kier alpha value is -3.56. The van der Waals surface area contributed by atoms with E-state index >= 15 is 0 Å². The molecule has 3 aliphatic rings. The number of anilines is 1. The minimum atomic E-state index is -0.409. The molecular weight excluding hydrogens is 530 g/mol. The quantitative estimate of drug-likeness (QED) is 0.406. The lowest BCUT2D eigenvalue weighted by atomic mass is 10.00. The Bertz CT molecular complexity index is 1430. The highest BCUT2D eigenvalue weighted by molar-refractivity contribution is 6.35. The van der Waals surface area contributed by atoms with Gasteiger partial charge >= 0.3 is 6.01 Å². The summed E-state index contributed by atoms with van der Waals surface area (Å²) in [5.41, 5.74) is 0.939. The molecule has 2 aromatic carbocycles. The maximum Gasteiger partial charge on any atom is 0.322 e. The molecule has 9 nitrogen and oxygen atoms in total. The van der Waals surface area contributed by atoms with Crippen LogP contribution in [-0.2, 0) is 4.79 Å². The van der Waals surface area contributed by atoms with Gasteiger partial charge in [0.05, 0.1) is 0 Å². The molecule has 0 bridgehead atoms. The average molecular weight is 564 g/mol. The molecule has 4 heterocycles. The van der Waals surface area contributed by atoms with Crippen molar-refractivity contribution >= 4 is 34.1 Å². The summed E-state index contributed by atoms with van der Waals surface area (Å²) in [7, 11) is 2.11. The van der Waals surface area contributed by atoms with Crippen molar-refractivity contribution in [2.24, 2.45) is 0 Å². The number of ether oxygens (including phenoxy) is 3. The van der Waals surface area contributed by atoms with Crippen molar-refractivity contribution in [3.63, 3.8) is 0 Å². The number of hydrogen-bond acceptors (Lipinski definition) is 8. The van der Waals surface area contributed by atoms with Gasteiger partial charge < -0.3 is 28.9 Å². The Balaban J connectivity index is 1.33. The van der Waals surface area contributed by atoms with Gasteiger partial charge in [0.25, 0.3) is 5.88 Å². The van der Waals surface area contributed by atoms with E-state index in [1.165, 1.54) is 6.08 Å². The van der Waals surface area contributed by atoms with Crippen LogP contribution in [0.15, 0.2) is 49.1 Å². The lowest BCUT2D eigenvalue weighted by Gasteiger charge is -2.40. The van der Waals surface area contributed by atoms with Crippen molar-refractivity contribution in [1.29, 1.82) is 0 Å². The lowest BCUT2D eigenvalue weighted by Crippen LogP contribution is -2.54. The van der Waals surface area contributed by atoms with Crippen LogP contribution in [0.5, 0.6) is 17.6 Å². The topological polar surface area (TPSA) is 80.3 Å². The van der Waals surface area contributed by atoms with E-state index in [-0.39, 0.29) is 24.6 Å². The molecule has 1 aromatic heterocycles. The molecule has 6 rings (SSSR count). The molecule has 0 N–H and O–H groups in total. The molecule has 0 radical (unpaired) electrons. The first-order valence-corrected chi connectivity index (χ1v) is 14.2. The number of fused-ring (bicyclic) bond motifs is 2. The van der Waals surface area contributed by atoms with Crippen molar-refractivity contribution in [1.82, 2.24) is 19.8 Å². The lowest BCUT2D eigenvalue weighted by molar-refractivity contribution is -0.128. The maximum absolute atomic E-state index is 12.3. The fraction of sp³-hybridized carbons (Fsp3) is 0.433. The molecule has 0 spiro atoms. The number of likely N-dealkylation sites (N-methyl/N-ethyl adjacent to an activating group) is 1. The molecule has 210 valence electrons. The minimum absolute atomic E-state index is 0.0311. The maximum atomic E-state index is 12.3. The van der Waals surface area contributed by atoms with Crippen LogP contribution in [0.1, 0.15) is 31.4 Å². The summed E-state index contributed by atoms with van der Waals surface area (Å²) in [4.78, 5) is 28.0. The molecular formula is C30H34ClN5O4. The molecule has 2 unspecified atom stereocenters. The molecule has 1 amide bonds. The standard InChI is InChI=1S/C30H34ClN5O4/c1-4-25(37)36-15-14-35(16-19(36)2)28-27-29(33-30(32-28)39-17-21-10-7-13-34(21)3)40-24(18-38-27)22-11-5-8-20-9-6-12-23(31)26(20)22/h4-6,8-9,11-12,19,21,24H,1,7,10,13-18H2,2-3H3/t19-,21?,24?/m1/s1. The highest BCUT2D eigenvalue weighted by Gasteiger charge is 2.35. The molecule has 0 aliphatic carbocycles. The predicted molar refractivity (Wildman–Crippen MR) is 155 cm³/mol. The molecule has 3 aromatic rings. The summed E-state index contributed by atoms with van der Waals surface area (Å²) < 4.78 is 19.0. The summed E-state index contributed by atoms with van der Waals surface area (Å²) in [5, 5.41) is 2.64. The van der Waals surface area contributed by atoms with Gasteiger partial charge in [0, 0.05) is 47.7 Å². The number of hydrogen-bond donors (Lipinski definition) is 0. The Morgan fingerprint density at radius 2 is 2.02 bits per heavy atom. The number of amides is 1. The van der Waals surface area contributed by atoms with Crippen molar-refractivity contribution in [3.8, 4) is 17.6 Å². The van der Waals surface area contributed by atoms with Gasteiger partial charge in [-0.1, -0.05) is 48.5 Å². The third-order valence-corrected chi connectivity index (χ3v) is 8.44. The monoisotopic (exact) mass is 563 g/mol. The first-order chi connectivity index (χ1) is 19.4. The van der Waals surface area contributed by atoms with Gasteiger partial charge in [-0.25, -0.2) is 0 Å². The van der Waals surface area contributed by atoms with Gasteiger partial charge in [0.15, 0.2) is 11.9 Å². The van der Waals surface area contributed by atoms with E-state index in [1.54, 1.807) is 0 Å². The van der Waals surface area contributed by atoms with Crippen LogP contribution in [0, 0.1) is 0 Å². The van der Waals surface area contributed by atoms with Crippen molar-refractivity contribution in [2.45, 2.75) is 38.0 Å². The Kier molecular flexibility index (Phi) is 7.42. The van der Waals surface area contributed by atoms with Gasteiger partial charge in [-0.3, -0.25) is 4.79 Å². The van der Waals surface area contributed by atoms with Crippen molar-refractivity contribution in [2.75, 3.05) is 51.3 Å². The van der Waals surface area contributed by atoms with Crippen LogP contribution in [0.4, 0.5) is 5.82 Å². The molecule has 3 atom stereocenters. The third kappa shape index (κ3) is 5.04. The van der Waals surface area contributed by atoms with Crippen LogP contribution in [0.3, 0.4) is 0 Å². The number of nitrogens with zero attached hydrogens (tertiary/aromatic N) is 5. The number of likely N-dealkylation sites (tertiary alicyclic amines) is 1. The molecule has 3 aliphatic heterocycles. The van der Waals surface area contributed by atoms with E-state index in [0.717, 1.165) is 35.7 Å². The summed E-state index contributed by atoms with van der Waals surface area (Å²) >= 11 is 6.62. The summed E-state index contributed by atoms with van der Waals surface area (Å²) in [5.74, 6) is 1.38. The summed E-state index contributed by atoms with van der Waals surface area (Å²) in [6.07, 6.45) is 3.18. The van der Waals surface area contributed by atoms with Crippen LogP contribution < -0.4 is 19.1 Å². The van der Waals surface area contributed by atoms with Crippen LogP contribution in [0.2, 0.25) is 5.02 Å². The highest BCUT2D eigenvalue weighted by Crippen LogP contribution is 2.44. The number of rotatable bonds is 6. The van der Waals surface area contributed by atoms with Gasteiger partial charge in [0.2, 0.25) is 11.7 Å². The first-order valence-electron chi connectivity index (χ1n) is 13.8. The second-order valence-corrected chi connectivity index (χ2v) is 11.1. The first kappa shape index (κ1) is 26.7. The number of aromatic nitrogens is 2. The molecule has 2 fully saturated rings. The molecule has 10 heteroatoms. The number of halogens is 1. The average Bonchev–Trinajstić information content (AvgIpc) is 3.39. The number of piperazine rings is 1. The Morgan fingerprint density at radius 1 is 1.20 bits per heavy atom. The Morgan fingerprint density at radius 3 is 2.77 bits per heavy atom. The van der Waals surface area contributed by atoms with E-state index < -0.39 is 6.10 Å². The van der Waals surface area contributed by atoms with E-state index in [0.29, 0.717) is 54.8 Å². The zero-order chi connectivity index (χ0) is 27.8. The van der Waals surface area contributed by atoms with E-state index in [1.807, 2.05) is 48.2 Å². The summed E-state index contributed by atoms with van der Waals surface area (Å²) in [6.45, 7) is 9.22. The van der Waals surface area contributed by atoms with Crippen molar-refractivity contribution in [3.05, 3.63) is 59.6 Å². The number of carbonyl (C=O) groups excluding carboxylic acids is 1. The van der Waals surface area contributed by atoms with Gasteiger partial charge in [0.1, 0.15) is 13.2 Å². The van der Waals surface area contributed by atoms with Crippen LogP contribution in [-0.4, -0.2) is 84.2 Å². The van der Waals surface area contributed by atoms with Crippen LogP contribution in [0.25, 0.3) is 10.8 Å². The largest absolute Gasteiger partial charge is 0.481 e. The van der Waals surface area contributed by atoms with Crippen LogP contribution >= 0.6 is 11.6 Å². The predicted octanol–water partition coefficient (Wildman–Crippen LogP) is 4.49. The van der Waals surface area contributed by atoms with E-state index in [4.69, 9.17) is 30.8 Å². The SMILES string of the molecule is C=CC(=O)N1CCN(c2nc(OCC3CCCN3C)nc3c2OCC(c2cccc4cccc(Cl)c24)O3)C[C@H]1C. The van der Waals surface area contributed by atoms with E-state index in [2.05, 4.69) is 28.4 Å². The zero-order valence-electron chi connectivity index (χ0n) is 22.9. The van der Waals surface area contributed by atoms with Gasteiger partial charge in [-0.2, -0.15) is 9.97 Å². The third-order valence-electron chi connectivity index (χ3n) is 8.12. The molecule has 40 heavy (non-hydrogen) atoms. The minimum Gasteiger partial charge on any atom is -0.481 e. The normalized spacial score (nSPS) is 22.9. The second-order valence-electron chi connectivity index (χ2n) is 10.7. The fourth-order valence-electron chi connectivity index (χ4n) is 5.91. The smallest absolute Gasteiger partial charge is 0.322 e. The fourth-order valence-corrected chi connectivity index (χ4v) is 6.20. The zero-order valence-corrected chi connectivity index (χ0v) is 23.6. The Labute approximate surface area is 239 Å². The number of benzene rings is 2. The second kappa shape index (κ2) is 11.1. The highest BCUT2D eigenvalue weighted by atomic mass is 35.5. The molecule has 0 saturated carbocycles. The number of carbonyl (C=O) groups is 1. The van der Waals surface area contributed by atoms with Gasteiger partial charge in [-0.15, -0.1) is 0 Å².